The summed E-state index contributed by atoms with van der Waals surface area (Å²) in [5.41, 5.74) is 0. The number of hydrogen-bond donors (Lipinski definition) is 0. The Balaban J connectivity index is 2.37. The zero-order chi connectivity index (χ0) is 9.84. The lowest BCUT2D eigenvalue weighted by atomic mass is 9.97. The highest BCUT2D eigenvalue weighted by Gasteiger charge is 2.25. The third kappa shape index (κ3) is 2.96. The first-order chi connectivity index (χ1) is 6.15. The molecule has 78 valence electrons. The van der Waals surface area contributed by atoms with E-state index in [2.05, 4.69) is 37.7 Å². The van der Waals surface area contributed by atoms with Gasteiger partial charge in [0.1, 0.15) is 0 Å². The summed E-state index contributed by atoms with van der Waals surface area (Å²) in [6, 6.07) is 1.59. The van der Waals surface area contributed by atoms with E-state index in [-0.39, 0.29) is 0 Å². The van der Waals surface area contributed by atoms with Crippen molar-refractivity contribution in [1.82, 2.24) is 9.80 Å². The summed E-state index contributed by atoms with van der Waals surface area (Å²) in [6.45, 7) is 7.20. The van der Waals surface area contributed by atoms with Gasteiger partial charge in [-0.2, -0.15) is 0 Å². The van der Waals surface area contributed by atoms with Gasteiger partial charge in [0, 0.05) is 12.1 Å². The third-order valence-electron chi connectivity index (χ3n) is 3.23. The van der Waals surface area contributed by atoms with E-state index in [9.17, 15) is 0 Å². The molecule has 1 aliphatic heterocycles. The first-order valence-corrected chi connectivity index (χ1v) is 5.55. The van der Waals surface area contributed by atoms with Crippen molar-refractivity contribution < 1.29 is 0 Å². The van der Waals surface area contributed by atoms with Crippen LogP contribution in [0.25, 0.3) is 0 Å². The molecule has 0 aromatic rings. The Labute approximate surface area is 82.9 Å². The topological polar surface area (TPSA) is 6.48 Å². The number of likely N-dealkylation sites (tertiary alicyclic amines) is 1. The van der Waals surface area contributed by atoms with Crippen molar-refractivity contribution in [3.05, 3.63) is 0 Å². The Hall–Kier alpha value is -0.0800. The van der Waals surface area contributed by atoms with E-state index in [1.54, 1.807) is 0 Å². The van der Waals surface area contributed by atoms with Crippen LogP contribution in [0.15, 0.2) is 0 Å². The molecule has 2 unspecified atom stereocenters. The van der Waals surface area contributed by atoms with Crippen molar-refractivity contribution in [2.45, 2.75) is 45.2 Å². The van der Waals surface area contributed by atoms with Crippen molar-refractivity contribution in [2.75, 3.05) is 27.2 Å². The SMILES string of the molecule is CCCN1CCC(N(C)C)CC1C. The molecular formula is C11H24N2. The molecule has 1 heterocycles. The maximum absolute atomic E-state index is 2.62. The molecule has 1 aliphatic rings. The Bertz CT molecular complexity index is 145. The Morgan fingerprint density at radius 2 is 2.08 bits per heavy atom. The molecule has 0 bridgehead atoms. The molecule has 1 fully saturated rings. The summed E-state index contributed by atoms with van der Waals surface area (Å²) in [5, 5.41) is 0. The summed E-state index contributed by atoms with van der Waals surface area (Å²) >= 11 is 0. The van der Waals surface area contributed by atoms with Crippen LogP contribution in [0.5, 0.6) is 0 Å². The predicted octanol–water partition coefficient (Wildman–Crippen LogP) is 1.81. The minimum absolute atomic E-state index is 0.779. The van der Waals surface area contributed by atoms with Gasteiger partial charge in [-0.25, -0.2) is 0 Å². The molecule has 0 aliphatic carbocycles. The Morgan fingerprint density at radius 3 is 2.54 bits per heavy atom. The zero-order valence-electron chi connectivity index (χ0n) is 9.58. The quantitative estimate of drug-likeness (QED) is 0.660. The lowest BCUT2D eigenvalue weighted by Crippen LogP contribution is -2.47. The van der Waals surface area contributed by atoms with E-state index >= 15 is 0 Å². The van der Waals surface area contributed by atoms with Crippen LogP contribution in [-0.4, -0.2) is 49.1 Å². The van der Waals surface area contributed by atoms with Crippen LogP contribution < -0.4 is 0 Å². The fraction of sp³-hybridized carbons (Fsp3) is 1.00. The highest BCUT2D eigenvalue weighted by Crippen LogP contribution is 2.19. The van der Waals surface area contributed by atoms with Crippen molar-refractivity contribution in [2.24, 2.45) is 0 Å². The van der Waals surface area contributed by atoms with E-state index in [0.717, 1.165) is 12.1 Å². The molecule has 2 atom stereocenters. The van der Waals surface area contributed by atoms with E-state index in [0.29, 0.717) is 0 Å². The lowest BCUT2D eigenvalue weighted by Gasteiger charge is -2.40. The molecule has 1 saturated heterocycles. The lowest BCUT2D eigenvalue weighted by molar-refractivity contribution is 0.0974. The third-order valence-corrected chi connectivity index (χ3v) is 3.23. The number of hydrogen-bond acceptors (Lipinski definition) is 2. The van der Waals surface area contributed by atoms with Gasteiger partial charge in [-0.1, -0.05) is 6.92 Å². The molecule has 1 rings (SSSR count). The number of piperidine rings is 1. The maximum Gasteiger partial charge on any atom is 0.0116 e. The van der Waals surface area contributed by atoms with Crippen molar-refractivity contribution >= 4 is 0 Å². The van der Waals surface area contributed by atoms with Gasteiger partial charge < -0.3 is 9.80 Å². The average molecular weight is 184 g/mol. The second kappa shape index (κ2) is 4.97. The van der Waals surface area contributed by atoms with E-state index in [4.69, 9.17) is 0 Å². The molecule has 0 aromatic heterocycles. The van der Waals surface area contributed by atoms with Gasteiger partial charge in [0.05, 0.1) is 0 Å². The first-order valence-electron chi connectivity index (χ1n) is 5.55. The fourth-order valence-electron chi connectivity index (χ4n) is 2.28. The fourth-order valence-corrected chi connectivity index (χ4v) is 2.28. The Kier molecular flexibility index (Phi) is 4.20. The normalized spacial score (nSPS) is 31.2. The van der Waals surface area contributed by atoms with Gasteiger partial charge in [-0.05, 0) is 53.4 Å². The molecule has 0 aromatic carbocycles. The molecule has 13 heavy (non-hydrogen) atoms. The summed E-state index contributed by atoms with van der Waals surface area (Å²) in [4.78, 5) is 5.00. The van der Waals surface area contributed by atoms with Crippen molar-refractivity contribution in [3.8, 4) is 0 Å². The van der Waals surface area contributed by atoms with Gasteiger partial charge in [0.2, 0.25) is 0 Å². The Morgan fingerprint density at radius 1 is 1.38 bits per heavy atom. The first kappa shape index (κ1) is 11.0. The molecular weight excluding hydrogens is 160 g/mol. The highest BCUT2D eigenvalue weighted by atomic mass is 15.2. The van der Waals surface area contributed by atoms with Gasteiger partial charge in [0.15, 0.2) is 0 Å². The summed E-state index contributed by atoms with van der Waals surface area (Å²) in [6.07, 6.45) is 3.97. The van der Waals surface area contributed by atoms with Gasteiger partial charge in [-0.3, -0.25) is 0 Å². The van der Waals surface area contributed by atoms with Crippen LogP contribution >= 0.6 is 0 Å². The molecule has 0 N–H and O–H groups in total. The average Bonchev–Trinajstić information content (AvgIpc) is 2.08. The van der Waals surface area contributed by atoms with Crippen LogP contribution in [0.4, 0.5) is 0 Å². The minimum Gasteiger partial charge on any atom is -0.306 e. The number of nitrogens with zero attached hydrogens (tertiary/aromatic N) is 2. The van der Waals surface area contributed by atoms with Crippen LogP contribution in [0.3, 0.4) is 0 Å². The van der Waals surface area contributed by atoms with Crippen LogP contribution in [0.2, 0.25) is 0 Å². The van der Waals surface area contributed by atoms with Crippen molar-refractivity contribution in [1.29, 1.82) is 0 Å². The molecule has 0 amide bonds. The van der Waals surface area contributed by atoms with Crippen LogP contribution in [0.1, 0.15) is 33.1 Å². The summed E-state index contributed by atoms with van der Waals surface area (Å²) in [5.74, 6) is 0. The van der Waals surface area contributed by atoms with E-state index in [1.165, 1.54) is 32.4 Å². The molecule has 2 nitrogen and oxygen atoms in total. The van der Waals surface area contributed by atoms with Gasteiger partial charge >= 0.3 is 0 Å². The highest BCUT2D eigenvalue weighted by molar-refractivity contribution is 4.82. The largest absolute Gasteiger partial charge is 0.306 e. The second-order valence-electron chi connectivity index (χ2n) is 4.53. The van der Waals surface area contributed by atoms with Crippen molar-refractivity contribution in [3.63, 3.8) is 0 Å². The standard InChI is InChI=1S/C11H24N2/c1-5-7-13-8-6-11(12(3)4)9-10(13)2/h10-11H,5-9H2,1-4H3. The molecule has 0 saturated carbocycles. The summed E-state index contributed by atoms with van der Waals surface area (Å²) in [7, 11) is 4.40. The molecule has 0 radical (unpaired) electrons. The monoisotopic (exact) mass is 184 g/mol. The van der Waals surface area contributed by atoms with Crippen LogP contribution in [-0.2, 0) is 0 Å². The van der Waals surface area contributed by atoms with E-state index < -0.39 is 0 Å². The summed E-state index contributed by atoms with van der Waals surface area (Å²) < 4.78 is 0. The van der Waals surface area contributed by atoms with Gasteiger partial charge in [-0.15, -0.1) is 0 Å². The minimum atomic E-state index is 0.779. The second-order valence-corrected chi connectivity index (χ2v) is 4.53. The van der Waals surface area contributed by atoms with E-state index in [1.807, 2.05) is 0 Å². The molecule has 2 heteroatoms. The predicted molar refractivity (Wildman–Crippen MR) is 58.0 cm³/mol. The van der Waals surface area contributed by atoms with Gasteiger partial charge in [0.25, 0.3) is 0 Å². The molecule has 0 spiro atoms. The number of rotatable bonds is 3. The van der Waals surface area contributed by atoms with Crippen LogP contribution in [0, 0.1) is 0 Å². The zero-order valence-corrected chi connectivity index (χ0v) is 9.58. The smallest absolute Gasteiger partial charge is 0.0116 e. The maximum atomic E-state index is 2.62.